The second-order valence-corrected chi connectivity index (χ2v) is 6.81. The largest absolute Gasteiger partial charge is 0.450 e. The molecule has 0 spiro atoms. The van der Waals surface area contributed by atoms with Crippen LogP contribution in [0.25, 0.3) is 22.1 Å². The molecule has 3 aromatic rings. The number of benzene rings is 1. The van der Waals surface area contributed by atoms with Gasteiger partial charge in [-0.3, -0.25) is 0 Å². The molecule has 1 unspecified atom stereocenters. The molecular formula is C16H16ClN5O. The number of nitrogens with zero attached hydrogens (tertiary/aromatic N) is 3. The third-order valence-electron chi connectivity index (χ3n) is 5.07. The molecule has 3 N–H and O–H groups in total. The number of piperazine rings is 1. The van der Waals surface area contributed by atoms with E-state index in [-0.39, 0.29) is 5.95 Å². The highest BCUT2D eigenvalue weighted by Gasteiger charge is 2.45. The van der Waals surface area contributed by atoms with Gasteiger partial charge in [0.05, 0.1) is 0 Å². The van der Waals surface area contributed by atoms with Crippen LogP contribution in [-0.2, 0) is 0 Å². The highest BCUT2D eigenvalue weighted by atomic mass is 35.5. The normalized spacial score (nSPS) is 26.7. The van der Waals surface area contributed by atoms with E-state index in [4.69, 9.17) is 21.8 Å². The van der Waals surface area contributed by atoms with Crippen LogP contribution in [-0.4, -0.2) is 34.6 Å². The Balaban J connectivity index is 1.80. The lowest BCUT2D eigenvalue weighted by Crippen LogP contribution is -2.50. The van der Waals surface area contributed by atoms with Crippen LogP contribution in [0.5, 0.6) is 0 Å². The maximum absolute atomic E-state index is 6.12. The molecule has 2 aliphatic rings. The van der Waals surface area contributed by atoms with Crippen molar-refractivity contribution in [1.82, 2.24) is 15.3 Å². The van der Waals surface area contributed by atoms with Crippen LogP contribution in [0.3, 0.4) is 0 Å². The molecule has 2 fully saturated rings. The van der Waals surface area contributed by atoms with Crippen molar-refractivity contribution >= 4 is 45.4 Å². The van der Waals surface area contributed by atoms with E-state index in [2.05, 4.69) is 27.1 Å². The zero-order chi connectivity index (χ0) is 15.7. The second kappa shape index (κ2) is 4.49. The number of fused-ring (bicyclic) bond motifs is 5. The first-order valence-corrected chi connectivity index (χ1v) is 8.16. The zero-order valence-corrected chi connectivity index (χ0v) is 13.3. The van der Waals surface area contributed by atoms with Gasteiger partial charge >= 0.3 is 0 Å². The van der Waals surface area contributed by atoms with Crippen LogP contribution >= 0.6 is 11.6 Å². The smallest absolute Gasteiger partial charge is 0.222 e. The van der Waals surface area contributed by atoms with Crippen LogP contribution in [0.1, 0.15) is 13.3 Å². The van der Waals surface area contributed by atoms with Crippen LogP contribution in [0.15, 0.2) is 22.6 Å². The van der Waals surface area contributed by atoms with E-state index in [0.717, 1.165) is 35.3 Å². The summed E-state index contributed by atoms with van der Waals surface area (Å²) < 4.78 is 6.06. The summed E-state index contributed by atoms with van der Waals surface area (Å²) in [5.41, 5.74) is 8.16. The molecule has 2 bridgehead atoms. The van der Waals surface area contributed by atoms with Gasteiger partial charge in [-0.25, -0.2) is 4.98 Å². The van der Waals surface area contributed by atoms with Crippen molar-refractivity contribution < 1.29 is 4.42 Å². The van der Waals surface area contributed by atoms with Gasteiger partial charge < -0.3 is 20.4 Å². The Hall–Kier alpha value is -2.05. The summed E-state index contributed by atoms with van der Waals surface area (Å²) in [6.07, 6.45) is 1.12. The quantitative estimate of drug-likeness (QED) is 0.714. The molecule has 0 amide bonds. The van der Waals surface area contributed by atoms with Gasteiger partial charge in [0.1, 0.15) is 11.1 Å². The van der Waals surface area contributed by atoms with Gasteiger partial charge in [0, 0.05) is 35.1 Å². The summed E-state index contributed by atoms with van der Waals surface area (Å²) in [4.78, 5) is 11.2. The second-order valence-electron chi connectivity index (χ2n) is 6.38. The van der Waals surface area contributed by atoms with E-state index in [1.54, 1.807) is 0 Å². The summed E-state index contributed by atoms with van der Waals surface area (Å²) in [5, 5.41) is 5.06. The Morgan fingerprint density at radius 1 is 1.39 bits per heavy atom. The van der Waals surface area contributed by atoms with E-state index in [9.17, 15) is 0 Å². The number of furan rings is 1. The minimum Gasteiger partial charge on any atom is -0.450 e. The lowest BCUT2D eigenvalue weighted by atomic mass is 10.1. The first-order chi connectivity index (χ1) is 11.1. The highest BCUT2D eigenvalue weighted by Crippen LogP contribution is 2.40. The first kappa shape index (κ1) is 13.4. The monoisotopic (exact) mass is 329 g/mol. The van der Waals surface area contributed by atoms with E-state index >= 15 is 0 Å². The summed E-state index contributed by atoms with van der Waals surface area (Å²) in [7, 11) is 0. The highest BCUT2D eigenvalue weighted by molar-refractivity contribution is 6.31. The van der Waals surface area contributed by atoms with Crippen molar-refractivity contribution in [1.29, 1.82) is 0 Å². The standard InChI is InChI=1S/C16H16ClN5O/c1-7-11-5-9(6-19-11)22(7)15-14-13(20-16(18)21-15)10-4-8(17)2-3-12(10)23-14/h2-4,7,9,11,19H,5-6H2,1H3,(H2,18,20,21)/t7-,9-,11?/m0/s1. The number of aromatic nitrogens is 2. The molecule has 1 aromatic carbocycles. The minimum absolute atomic E-state index is 0.262. The Kier molecular flexibility index (Phi) is 2.61. The van der Waals surface area contributed by atoms with Crippen LogP contribution in [0.2, 0.25) is 5.02 Å². The maximum Gasteiger partial charge on any atom is 0.222 e. The van der Waals surface area contributed by atoms with Crippen LogP contribution in [0, 0.1) is 0 Å². The van der Waals surface area contributed by atoms with Gasteiger partial charge in [-0.05, 0) is 31.5 Å². The molecule has 0 saturated carbocycles. The SMILES string of the molecule is C[C@H]1C2C[C@@H](CN2)N1c1nc(N)nc2c1oc1ccc(Cl)cc12. The molecule has 5 rings (SSSR count). The lowest BCUT2D eigenvalue weighted by Gasteiger charge is -2.34. The fourth-order valence-electron chi connectivity index (χ4n) is 4.01. The average Bonchev–Trinajstić information content (AvgIpc) is 3.20. The van der Waals surface area contributed by atoms with Crippen LogP contribution < -0.4 is 16.0 Å². The van der Waals surface area contributed by atoms with Gasteiger partial charge in [-0.15, -0.1) is 0 Å². The van der Waals surface area contributed by atoms with Crippen molar-refractivity contribution in [3.05, 3.63) is 23.2 Å². The number of hydrogen-bond acceptors (Lipinski definition) is 6. The Morgan fingerprint density at radius 2 is 2.26 bits per heavy atom. The average molecular weight is 330 g/mol. The first-order valence-electron chi connectivity index (χ1n) is 7.79. The Labute approximate surface area is 137 Å². The third-order valence-corrected chi connectivity index (χ3v) is 5.31. The van der Waals surface area contributed by atoms with Crippen LogP contribution in [0.4, 0.5) is 11.8 Å². The zero-order valence-electron chi connectivity index (χ0n) is 12.6. The molecule has 2 aliphatic heterocycles. The van der Waals surface area contributed by atoms with Crippen molar-refractivity contribution in [2.75, 3.05) is 17.2 Å². The molecule has 0 radical (unpaired) electrons. The fourth-order valence-corrected chi connectivity index (χ4v) is 4.18. The Bertz CT molecular complexity index is 937. The Morgan fingerprint density at radius 3 is 3.04 bits per heavy atom. The predicted octanol–water partition coefficient (Wildman–Crippen LogP) is 2.55. The molecule has 3 atom stereocenters. The molecule has 2 aromatic heterocycles. The number of anilines is 2. The summed E-state index contributed by atoms with van der Waals surface area (Å²) in [6.45, 7) is 3.17. The van der Waals surface area contributed by atoms with E-state index in [1.807, 2.05) is 18.2 Å². The molecule has 0 aliphatic carbocycles. The van der Waals surface area contributed by atoms with E-state index < -0.39 is 0 Å². The maximum atomic E-state index is 6.12. The number of nitrogen functional groups attached to an aromatic ring is 1. The third kappa shape index (κ3) is 1.79. The molecular weight excluding hydrogens is 314 g/mol. The van der Waals surface area contributed by atoms with Gasteiger partial charge in [0.25, 0.3) is 0 Å². The van der Waals surface area contributed by atoms with Crippen molar-refractivity contribution in [3.8, 4) is 0 Å². The molecule has 4 heterocycles. The predicted molar refractivity (Wildman–Crippen MR) is 90.9 cm³/mol. The number of nitrogens with one attached hydrogen (secondary N) is 1. The molecule has 23 heavy (non-hydrogen) atoms. The summed E-state index contributed by atoms with van der Waals surface area (Å²) in [6, 6.07) is 6.80. The number of hydrogen-bond donors (Lipinski definition) is 2. The van der Waals surface area contributed by atoms with E-state index in [0.29, 0.717) is 28.7 Å². The van der Waals surface area contributed by atoms with Crippen molar-refractivity contribution in [2.45, 2.75) is 31.5 Å². The molecule has 6 nitrogen and oxygen atoms in total. The van der Waals surface area contributed by atoms with Gasteiger partial charge in [0.15, 0.2) is 11.4 Å². The van der Waals surface area contributed by atoms with Gasteiger partial charge in [0.2, 0.25) is 5.95 Å². The number of nitrogens with two attached hydrogens (primary N) is 1. The van der Waals surface area contributed by atoms with Gasteiger partial charge in [-0.2, -0.15) is 4.98 Å². The molecule has 118 valence electrons. The molecule has 2 saturated heterocycles. The van der Waals surface area contributed by atoms with Crippen molar-refractivity contribution in [2.24, 2.45) is 0 Å². The lowest BCUT2D eigenvalue weighted by molar-refractivity contribution is 0.483. The number of rotatable bonds is 1. The minimum atomic E-state index is 0.262. The number of halogens is 1. The summed E-state index contributed by atoms with van der Waals surface area (Å²) >= 11 is 6.12. The fraction of sp³-hybridized carbons (Fsp3) is 0.375. The molecule has 7 heteroatoms. The van der Waals surface area contributed by atoms with Gasteiger partial charge in [-0.1, -0.05) is 11.6 Å². The van der Waals surface area contributed by atoms with E-state index in [1.165, 1.54) is 0 Å². The topological polar surface area (TPSA) is 80.2 Å². The van der Waals surface area contributed by atoms with Crippen molar-refractivity contribution in [3.63, 3.8) is 0 Å². The summed E-state index contributed by atoms with van der Waals surface area (Å²) in [5.74, 6) is 1.06.